The molecule has 1 amide bonds. The molecular weight excluding hydrogens is 222 g/mol. The first-order valence-electron chi connectivity index (χ1n) is 5.74. The summed E-state index contributed by atoms with van der Waals surface area (Å²) >= 11 is 1.59. The van der Waals surface area contributed by atoms with Gasteiger partial charge in [0.2, 0.25) is 5.91 Å². The van der Waals surface area contributed by atoms with Crippen molar-refractivity contribution in [3.05, 3.63) is 16.6 Å². The van der Waals surface area contributed by atoms with Crippen LogP contribution in [-0.2, 0) is 11.2 Å². The fraction of sp³-hybridized carbons (Fsp3) is 0.636. The van der Waals surface area contributed by atoms with Crippen molar-refractivity contribution in [3.8, 4) is 0 Å². The highest BCUT2D eigenvalue weighted by Gasteiger charge is 2.19. The van der Waals surface area contributed by atoms with Crippen molar-refractivity contribution in [2.24, 2.45) is 0 Å². The molecule has 4 nitrogen and oxygen atoms in total. The molecule has 2 heterocycles. The van der Waals surface area contributed by atoms with Gasteiger partial charge in [0.25, 0.3) is 0 Å². The molecule has 1 fully saturated rings. The minimum Gasteiger partial charge on any atom is -0.354 e. The van der Waals surface area contributed by atoms with Crippen molar-refractivity contribution < 1.29 is 4.79 Å². The van der Waals surface area contributed by atoms with Crippen LogP contribution in [0.15, 0.2) is 10.9 Å². The topological polar surface area (TPSA) is 54.0 Å². The third-order valence-electron chi connectivity index (χ3n) is 2.79. The monoisotopic (exact) mass is 239 g/mol. The molecule has 1 aliphatic rings. The molecule has 5 heteroatoms. The molecule has 2 N–H and O–H groups in total. The Balaban J connectivity index is 1.67. The molecule has 0 aliphatic carbocycles. The third kappa shape index (κ3) is 3.28. The minimum absolute atomic E-state index is 0.0178. The lowest BCUT2D eigenvalue weighted by Gasteiger charge is -2.22. The van der Waals surface area contributed by atoms with E-state index in [4.69, 9.17) is 0 Å². The fourth-order valence-corrected chi connectivity index (χ4v) is 2.47. The van der Waals surface area contributed by atoms with Gasteiger partial charge in [0.1, 0.15) is 0 Å². The Morgan fingerprint density at radius 1 is 1.62 bits per heavy atom. The predicted molar refractivity (Wildman–Crippen MR) is 64.5 cm³/mol. The van der Waals surface area contributed by atoms with E-state index in [2.05, 4.69) is 15.6 Å². The van der Waals surface area contributed by atoms with Gasteiger partial charge in [-0.1, -0.05) is 6.42 Å². The average Bonchev–Trinajstić information content (AvgIpc) is 2.83. The third-order valence-corrected chi connectivity index (χ3v) is 3.43. The predicted octanol–water partition coefficient (Wildman–Crippen LogP) is 0.944. The summed E-state index contributed by atoms with van der Waals surface area (Å²) in [6.45, 7) is 1.64. The highest BCUT2D eigenvalue weighted by atomic mass is 32.1. The zero-order valence-electron chi connectivity index (χ0n) is 9.24. The maximum atomic E-state index is 11.7. The molecule has 1 aromatic rings. The Morgan fingerprint density at radius 2 is 2.56 bits per heavy atom. The number of hydrogen-bond donors (Lipinski definition) is 2. The maximum absolute atomic E-state index is 11.7. The van der Waals surface area contributed by atoms with Gasteiger partial charge in [0.05, 0.1) is 17.2 Å². The number of thiazole rings is 1. The molecule has 0 radical (unpaired) electrons. The molecule has 1 unspecified atom stereocenters. The van der Waals surface area contributed by atoms with E-state index in [0.29, 0.717) is 6.54 Å². The molecule has 0 saturated carbocycles. The average molecular weight is 239 g/mol. The fourth-order valence-electron chi connectivity index (χ4n) is 1.87. The summed E-state index contributed by atoms with van der Waals surface area (Å²) in [6.07, 6.45) is 4.12. The number of carbonyl (C=O) groups is 1. The second kappa shape index (κ2) is 5.96. The standard InChI is InChI=1S/C11H17N3OS/c15-11(10-3-1-2-5-12-10)13-6-4-9-7-16-8-14-9/h7-8,10,12H,1-6H2,(H,13,15). The van der Waals surface area contributed by atoms with Gasteiger partial charge in [-0.05, 0) is 19.4 Å². The van der Waals surface area contributed by atoms with E-state index in [9.17, 15) is 4.79 Å². The summed E-state index contributed by atoms with van der Waals surface area (Å²) in [5.74, 6) is 0.134. The lowest BCUT2D eigenvalue weighted by atomic mass is 10.0. The van der Waals surface area contributed by atoms with Crippen LogP contribution in [0.3, 0.4) is 0 Å². The number of nitrogens with one attached hydrogen (secondary N) is 2. The molecule has 0 aromatic carbocycles. The van der Waals surface area contributed by atoms with Gasteiger partial charge in [0.15, 0.2) is 0 Å². The van der Waals surface area contributed by atoms with Gasteiger partial charge >= 0.3 is 0 Å². The van der Waals surface area contributed by atoms with Gasteiger partial charge in [0, 0.05) is 18.3 Å². The highest BCUT2D eigenvalue weighted by Crippen LogP contribution is 2.06. The van der Waals surface area contributed by atoms with Crippen LogP contribution in [0.25, 0.3) is 0 Å². The Kier molecular flexibility index (Phi) is 4.30. The van der Waals surface area contributed by atoms with Gasteiger partial charge in [-0.3, -0.25) is 4.79 Å². The first-order chi connectivity index (χ1) is 7.86. The molecule has 1 aliphatic heterocycles. The van der Waals surface area contributed by atoms with Crippen LogP contribution in [0.1, 0.15) is 25.0 Å². The van der Waals surface area contributed by atoms with Gasteiger partial charge in [-0.15, -0.1) is 11.3 Å². The molecule has 2 rings (SSSR count). The highest BCUT2D eigenvalue weighted by molar-refractivity contribution is 7.07. The van der Waals surface area contributed by atoms with E-state index in [-0.39, 0.29) is 11.9 Å². The van der Waals surface area contributed by atoms with E-state index < -0.39 is 0 Å². The zero-order valence-corrected chi connectivity index (χ0v) is 10.1. The van der Waals surface area contributed by atoms with E-state index in [1.165, 1.54) is 6.42 Å². The van der Waals surface area contributed by atoms with E-state index in [0.717, 1.165) is 31.5 Å². The summed E-state index contributed by atoms with van der Waals surface area (Å²) in [7, 11) is 0. The number of rotatable bonds is 4. The Hall–Kier alpha value is -0.940. The van der Waals surface area contributed by atoms with Crippen molar-refractivity contribution >= 4 is 17.2 Å². The van der Waals surface area contributed by atoms with E-state index in [1.54, 1.807) is 11.3 Å². The Bertz CT molecular complexity index is 320. The lowest BCUT2D eigenvalue weighted by Crippen LogP contribution is -2.47. The number of aromatic nitrogens is 1. The molecule has 1 aromatic heterocycles. The molecule has 88 valence electrons. The summed E-state index contributed by atoms with van der Waals surface area (Å²) in [6, 6.07) is 0.0178. The molecule has 1 atom stereocenters. The van der Waals surface area contributed by atoms with Crippen molar-refractivity contribution in [2.45, 2.75) is 31.7 Å². The first-order valence-corrected chi connectivity index (χ1v) is 6.69. The second-order valence-electron chi connectivity index (χ2n) is 4.02. The summed E-state index contributed by atoms with van der Waals surface area (Å²) in [4.78, 5) is 15.9. The zero-order chi connectivity index (χ0) is 11.2. The molecule has 0 spiro atoms. The van der Waals surface area contributed by atoms with E-state index in [1.807, 2.05) is 10.9 Å². The van der Waals surface area contributed by atoms with Crippen molar-refractivity contribution in [1.82, 2.24) is 15.6 Å². The van der Waals surface area contributed by atoms with Crippen LogP contribution < -0.4 is 10.6 Å². The van der Waals surface area contributed by atoms with Gasteiger partial charge in [-0.2, -0.15) is 0 Å². The molecular formula is C11H17N3OS. The summed E-state index contributed by atoms with van der Waals surface area (Å²) < 4.78 is 0. The van der Waals surface area contributed by atoms with Crippen molar-refractivity contribution in [1.29, 1.82) is 0 Å². The van der Waals surface area contributed by atoms with Crippen LogP contribution in [0.2, 0.25) is 0 Å². The summed E-state index contributed by atoms with van der Waals surface area (Å²) in [5, 5.41) is 8.21. The minimum atomic E-state index is 0.0178. The van der Waals surface area contributed by atoms with E-state index >= 15 is 0 Å². The van der Waals surface area contributed by atoms with Crippen LogP contribution in [0, 0.1) is 0 Å². The van der Waals surface area contributed by atoms with Crippen LogP contribution in [0.5, 0.6) is 0 Å². The van der Waals surface area contributed by atoms with Crippen molar-refractivity contribution in [2.75, 3.05) is 13.1 Å². The van der Waals surface area contributed by atoms with Crippen molar-refractivity contribution in [3.63, 3.8) is 0 Å². The number of amides is 1. The Morgan fingerprint density at radius 3 is 3.25 bits per heavy atom. The number of carbonyl (C=O) groups excluding carboxylic acids is 1. The summed E-state index contributed by atoms with van der Waals surface area (Å²) in [5.41, 5.74) is 2.88. The van der Waals surface area contributed by atoms with Crippen LogP contribution >= 0.6 is 11.3 Å². The van der Waals surface area contributed by atoms with Gasteiger partial charge < -0.3 is 10.6 Å². The largest absolute Gasteiger partial charge is 0.354 e. The number of hydrogen-bond acceptors (Lipinski definition) is 4. The van der Waals surface area contributed by atoms with Crippen LogP contribution in [-0.4, -0.2) is 30.0 Å². The van der Waals surface area contributed by atoms with Crippen LogP contribution in [0.4, 0.5) is 0 Å². The maximum Gasteiger partial charge on any atom is 0.237 e. The Labute approximate surface area is 99.5 Å². The molecule has 0 bridgehead atoms. The lowest BCUT2D eigenvalue weighted by molar-refractivity contribution is -0.123. The molecule has 16 heavy (non-hydrogen) atoms. The number of nitrogens with zero attached hydrogens (tertiary/aromatic N) is 1. The normalized spacial score (nSPS) is 20.6. The first kappa shape index (κ1) is 11.5. The second-order valence-corrected chi connectivity index (χ2v) is 4.74. The SMILES string of the molecule is O=C(NCCc1cscn1)C1CCCCN1. The quantitative estimate of drug-likeness (QED) is 0.822. The van der Waals surface area contributed by atoms with Gasteiger partial charge in [-0.25, -0.2) is 4.98 Å². The smallest absolute Gasteiger partial charge is 0.237 e. The molecule has 1 saturated heterocycles. The number of piperidine rings is 1.